The molecule has 110 valence electrons. The molecule has 0 aliphatic rings. The average Bonchev–Trinajstić information content (AvgIpc) is 3.06. The van der Waals surface area contributed by atoms with E-state index in [9.17, 15) is 4.79 Å². The first-order valence-corrected chi connectivity index (χ1v) is 8.69. The minimum atomic E-state index is 0.0126. The van der Waals surface area contributed by atoms with Crippen LogP contribution in [0, 0.1) is 0 Å². The van der Waals surface area contributed by atoms with Gasteiger partial charge in [-0.3, -0.25) is 9.13 Å². The molecular formula is C16H17BrN2OS. The maximum absolute atomic E-state index is 12.0. The molecule has 0 bridgehead atoms. The molecule has 2 heterocycles. The summed E-state index contributed by atoms with van der Waals surface area (Å²) in [6.45, 7) is 2.18. The van der Waals surface area contributed by atoms with Crippen molar-refractivity contribution in [1.29, 1.82) is 0 Å². The summed E-state index contributed by atoms with van der Waals surface area (Å²) in [7, 11) is 3.63. The molecule has 3 rings (SSSR count). The molecule has 0 spiro atoms. The van der Waals surface area contributed by atoms with Crippen LogP contribution in [0.25, 0.3) is 11.0 Å². The smallest absolute Gasteiger partial charge is 0.295 e. The van der Waals surface area contributed by atoms with Crippen molar-refractivity contribution in [1.82, 2.24) is 9.13 Å². The number of hydrogen-bond donors (Lipinski definition) is 0. The highest BCUT2D eigenvalue weighted by Gasteiger charge is 2.17. The SMILES string of the molecule is CCc1ccsc1C(Br)c1ccc2c(c1)n(C)c(=O)n2C. The zero-order valence-electron chi connectivity index (χ0n) is 12.3. The third kappa shape index (κ3) is 2.28. The van der Waals surface area contributed by atoms with E-state index in [4.69, 9.17) is 0 Å². The number of aryl methyl sites for hydroxylation is 3. The number of aromatic nitrogens is 2. The second-order valence-electron chi connectivity index (χ2n) is 5.17. The van der Waals surface area contributed by atoms with E-state index < -0.39 is 0 Å². The van der Waals surface area contributed by atoms with Crippen molar-refractivity contribution < 1.29 is 0 Å². The molecule has 0 radical (unpaired) electrons. The molecular weight excluding hydrogens is 348 g/mol. The van der Waals surface area contributed by atoms with Gasteiger partial charge in [-0.2, -0.15) is 0 Å². The van der Waals surface area contributed by atoms with E-state index in [1.165, 1.54) is 16.0 Å². The predicted molar refractivity (Wildman–Crippen MR) is 92.6 cm³/mol. The third-order valence-electron chi connectivity index (χ3n) is 3.98. The van der Waals surface area contributed by atoms with Crippen LogP contribution in [-0.2, 0) is 20.5 Å². The van der Waals surface area contributed by atoms with Crippen LogP contribution in [0.1, 0.15) is 27.8 Å². The van der Waals surface area contributed by atoms with Crippen molar-refractivity contribution in [2.45, 2.75) is 18.2 Å². The molecule has 0 aliphatic heterocycles. The fourth-order valence-electron chi connectivity index (χ4n) is 2.69. The lowest BCUT2D eigenvalue weighted by Crippen LogP contribution is -2.19. The largest absolute Gasteiger partial charge is 0.328 e. The quantitative estimate of drug-likeness (QED) is 0.645. The van der Waals surface area contributed by atoms with Gasteiger partial charge in [0, 0.05) is 19.0 Å². The lowest BCUT2D eigenvalue weighted by molar-refractivity contribution is 0.795. The molecule has 1 aromatic carbocycles. The molecule has 0 saturated heterocycles. The highest BCUT2D eigenvalue weighted by Crippen LogP contribution is 2.37. The number of benzene rings is 1. The fraction of sp³-hybridized carbons (Fsp3) is 0.312. The van der Waals surface area contributed by atoms with Gasteiger partial charge in [0.25, 0.3) is 0 Å². The van der Waals surface area contributed by atoms with Crippen molar-refractivity contribution in [3.63, 3.8) is 0 Å². The summed E-state index contributed by atoms with van der Waals surface area (Å²) in [5, 5.41) is 2.14. The zero-order valence-corrected chi connectivity index (χ0v) is 14.7. The first kappa shape index (κ1) is 14.6. The van der Waals surface area contributed by atoms with E-state index in [0.29, 0.717) is 0 Å². The second-order valence-corrected chi connectivity index (χ2v) is 7.04. The van der Waals surface area contributed by atoms with E-state index in [2.05, 4.69) is 46.4 Å². The Bertz CT molecular complexity index is 859. The van der Waals surface area contributed by atoms with Crippen LogP contribution in [0.3, 0.4) is 0 Å². The Morgan fingerprint density at radius 3 is 2.62 bits per heavy atom. The Morgan fingerprint density at radius 2 is 1.90 bits per heavy atom. The summed E-state index contributed by atoms with van der Waals surface area (Å²) in [6.07, 6.45) is 1.03. The molecule has 0 N–H and O–H groups in total. The maximum Gasteiger partial charge on any atom is 0.328 e. The van der Waals surface area contributed by atoms with E-state index in [0.717, 1.165) is 17.5 Å². The molecule has 2 aromatic heterocycles. The fourth-order valence-corrected chi connectivity index (χ4v) is 4.60. The third-order valence-corrected chi connectivity index (χ3v) is 6.29. The number of alkyl halides is 1. The highest BCUT2D eigenvalue weighted by atomic mass is 79.9. The van der Waals surface area contributed by atoms with Crippen molar-refractivity contribution in [3.05, 3.63) is 56.1 Å². The van der Waals surface area contributed by atoms with Gasteiger partial charge in [-0.15, -0.1) is 11.3 Å². The summed E-state index contributed by atoms with van der Waals surface area (Å²) < 4.78 is 3.39. The summed E-state index contributed by atoms with van der Waals surface area (Å²) >= 11 is 5.59. The number of halogens is 1. The number of imidazole rings is 1. The van der Waals surface area contributed by atoms with Gasteiger partial charge in [0.15, 0.2) is 0 Å². The van der Waals surface area contributed by atoms with Crippen molar-refractivity contribution in [2.75, 3.05) is 0 Å². The zero-order chi connectivity index (χ0) is 15.1. The van der Waals surface area contributed by atoms with Crippen molar-refractivity contribution in [2.24, 2.45) is 14.1 Å². The van der Waals surface area contributed by atoms with Crippen LogP contribution < -0.4 is 5.69 Å². The minimum Gasteiger partial charge on any atom is -0.295 e. The van der Waals surface area contributed by atoms with Crippen LogP contribution in [0.4, 0.5) is 0 Å². The number of fused-ring (bicyclic) bond motifs is 1. The van der Waals surface area contributed by atoms with Gasteiger partial charge in [-0.1, -0.05) is 28.9 Å². The monoisotopic (exact) mass is 364 g/mol. The molecule has 1 atom stereocenters. The van der Waals surface area contributed by atoms with Gasteiger partial charge in [0.2, 0.25) is 0 Å². The van der Waals surface area contributed by atoms with Crippen LogP contribution >= 0.6 is 27.3 Å². The number of hydrogen-bond acceptors (Lipinski definition) is 2. The first-order chi connectivity index (χ1) is 10.0. The molecule has 0 aliphatic carbocycles. The lowest BCUT2D eigenvalue weighted by atomic mass is 10.1. The van der Waals surface area contributed by atoms with E-state index in [-0.39, 0.29) is 10.5 Å². The number of nitrogens with zero attached hydrogens (tertiary/aromatic N) is 2. The van der Waals surface area contributed by atoms with Crippen LogP contribution in [0.2, 0.25) is 0 Å². The molecule has 0 saturated carbocycles. The summed E-state index contributed by atoms with van der Waals surface area (Å²) in [6, 6.07) is 8.42. The van der Waals surface area contributed by atoms with Gasteiger partial charge in [0.1, 0.15) is 0 Å². The van der Waals surface area contributed by atoms with Crippen LogP contribution in [0.15, 0.2) is 34.4 Å². The van der Waals surface area contributed by atoms with Crippen molar-refractivity contribution >= 4 is 38.3 Å². The molecule has 3 nitrogen and oxygen atoms in total. The normalized spacial score (nSPS) is 13.0. The van der Waals surface area contributed by atoms with Crippen LogP contribution in [0.5, 0.6) is 0 Å². The second kappa shape index (κ2) is 5.46. The van der Waals surface area contributed by atoms with Gasteiger partial charge in [0.05, 0.1) is 15.9 Å². The van der Waals surface area contributed by atoms with Gasteiger partial charge < -0.3 is 0 Å². The number of thiophene rings is 1. The summed E-state index contributed by atoms with van der Waals surface area (Å²) in [5.74, 6) is 0. The maximum atomic E-state index is 12.0. The van der Waals surface area contributed by atoms with Gasteiger partial charge >= 0.3 is 5.69 Å². The summed E-state index contributed by atoms with van der Waals surface area (Å²) in [4.78, 5) is 13.5. The summed E-state index contributed by atoms with van der Waals surface area (Å²) in [5.41, 5.74) is 4.51. The minimum absolute atomic E-state index is 0.0126. The topological polar surface area (TPSA) is 26.9 Å². The Morgan fingerprint density at radius 1 is 1.19 bits per heavy atom. The number of rotatable bonds is 3. The highest BCUT2D eigenvalue weighted by molar-refractivity contribution is 9.09. The Balaban J connectivity index is 2.13. The Kier molecular flexibility index (Phi) is 3.80. The van der Waals surface area contributed by atoms with Crippen molar-refractivity contribution in [3.8, 4) is 0 Å². The lowest BCUT2D eigenvalue weighted by Gasteiger charge is -2.11. The van der Waals surface area contributed by atoms with Gasteiger partial charge in [-0.05, 0) is 41.1 Å². The molecule has 1 unspecified atom stereocenters. The standard InChI is InChI=1S/C16H17BrN2OS/c1-4-10-7-8-21-15(10)14(17)11-5-6-12-13(9-11)19(3)16(20)18(12)2/h5-9,14H,4H2,1-3H3. The van der Waals surface area contributed by atoms with Gasteiger partial charge in [-0.25, -0.2) is 4.79 Å². The van der Waals surface area contributed by atoms with E-state index in [1.54, 1.807) is 20.5 Å². The Labute approximate surface area is 136 Å². The molecule has 3 aromatic rings. The van der Waals surface area contributed by atoms with Crippen LogP contribution in [-0.4, -0.2) is 9.13 Å². The average molecular weight is 365 g/mol. The Hall–Kier alpha value is -1.33. The molecule has 21 heavy (non-hydrogen) atoms. The molecule has 0 amide bonds. The molecule has 0 fully saturated rings. The van der Waals surface area contributed by atoms with E-state index >= 15 is 0 Å². The van der Waals surface area contributed by atoms with E-state index in [1.807, 2.05) is 20.2 Å². The predicted octanol–water partition coefficient (Wildman–Crippen LogP) is 3.99. The molecule has 5 heteroatoms. The first-order valence-electron chi connectivity index (χ1n) is 6.90.